The molecule has 0 aliphatic heterocycles. The van der Waals surface area contributed by atoms with Crippen LogP contribution in [0, 0.1) is 11.2 Å². The fraction of sp³-hybridized carbons (Fsp3) is 0.294. The second kappa shape index (κ2) is 6.40. The third kappa shape index (κ3) is 3.19. The number of halogens is 2. The molecule has 3 aromatic rings. The lowest BCUT2D eigenvalue weighted by Gasteiger charge is -2.24. The molecule has 1 aliphatic rings. The Labute approximate surface area is 148 Å². The first-order chi connectivity index (χ1) is 12.1. The molecule has 0 saturated heterocycles. The van der Waals surface area contributed by atoms with Gasteiger partial charge in [-0.25, -0.2) is 19.3 Å². The molecule has 1 aliphatic carbocycles. The molecule has 0 unspecified atom stereocenters. The highest BCUT2D eigenvalue weighted by molar-refractivity contribution is 6.31. The van der Waals surface area contributed by atoms with Gasteiger partial charge in [0.05, 0.1) is 11.2 Å². The Morgan fingerprint density at radius 2 is 2.20 bits per heavy atom. The first kappa shape index (κ1) is 16.0. The summed E-state index contributed by atoms with van der Waals surface area (Å²) in [4.78, 5) is 15.7. The van der Waals surface area contributed by atoms with E-state index >= 15 is 0 Å². The number of rotatable bonds is 3. The Bertz CT molecular complexity index is 953. The zero-order valence-corrected chi connectivity index (χ0v) is 14.1. The van der Waals surface area contributed by atoms with Crippen molar-refractivity contribution in [2.45, 2.75) is 31.7 Å². The lowest BCUT2D eigenvalue weighted by atomic mass is 9.94. The van der Waals surface area contributed by atoms with E-state index in [2.05, 4.69) is 25.3 Å². The highest BCUT2D eigenvalue weighted by atomic mass is 35.5. The van der Waals surface area contributed by atoms with Crippen molar-refractivity contribution >= 4 is 34.2 Å². The number of nitrogens with one attached hydrogen (secondary N) is 3. The maximum atomic E-state index is 14.2. The van der Waals surface area contributed by atoms with Gasteiger partial charge in [0.1, 0.15) is 5.65 Å². The Hall–Kier alpha value is -2.54. The van der Waals surface area contributed by atoms with Crippen molar-refractivity contribution in [3.8, 4) is 11.4 Å². The van der Waals surface area contributed by atoms with E-state index in [1.54, 1.807) is 18.5 Å². The molecular weight excluding hydrogens is 343 g/mol. The summed E-state index contributed by atoms with van der Waals surface area (Å²) in [7, 11) is 0. The van der Waals surface area contributed by atoms with Gasteiger partial charge in [0.2, 0.25) is 0 Å². The lowest BCUT2D eigenvalue weighted by Crippen LogP contribution is -2.28. The van der Waals surface area contributed by atoms with Crippen molar-refractivity contribution in [3.05, 3.63) is 35.5 Å². The van der Waals surface area contributed by atoms with Gasteiger partial charge in [-0.05, 0) is 25.3 Å². The minimum absolute atomic E-state index is 0.0255. The van der Waals surface area contributed by atoms with Crippen LogP contribution in [0.4, 0.5) is 10.2 Å². The van der Waals surface area contributed by atoms with Crippen LogP contribution in [0.25, 0.3) is 22.4 Å². The van der Waals surface area contributed by atoms with E-state index in [4.69, 9.17) is 17.0 Å². The average Bonchev–Trinajstić information content (AvgIpc) is 3.00. The Morgan fingerprint density at radius 3 is 3.04 bits per heavy atom. The van der Waals surface area contributed by atoms with E-state index in [9.17, 15) is 4.39 Å². The molecule has 8 heteroatoms. The Kier molecular flexibility index (Phi) is 4.09. The number of H-pyrrole nitrogens is 1. The van der Waals surface area contributed by atoms with Gasteiger partial charge in [0.25, 0.3) is 0 Å². The van der Waals surface area contributed by atoms with Crippen LogP contribution in [0.1, 0.15) is 25.7 Å². The Balaban J connectivity index is 1.69. The monoisotopic (exact) mass is 358 g/mol. The fourth-order valence-corrected chi connectivity index (χ4v) is 3.30. The first-order valence-electron chi connectivity index (χ1n) is 8.08. The number of hydrogen-bond acceptors (Lipinski definition) is 5. The SMILES string of the molecule is N=C1CCC[C@H](Nc2nc(-c3c[nH]c4ncc(Cl)cc34)ncc2F)C1. The highest BCUT2D eigenvalue weighted by Crippen LogP contribution is 2.28. The summed E-state index contributed by atoms with van der Waals surface area (Å²) in [5, 5.41) is 12.2. The van der Waals surface area contributed by atoms with E-state index in [0.717, 1.165) is 30.8 Å². The topological polar surface area (TPSA) is 90.3 Å². The molecule has 1 saturated carbocycles. The molecule has 3 N–H and O–H groups in total. The second-order valence-electron chi connectivity index (χ2n) is 6.18. The van der Waals surface area contributed by atoms with Crippen molar-refractivity contribution in [2.75, 3.05) is 5.32 Å². The molecule has 4 rings (SSSR count). The predicted molar refractivity (Wildman–Crippen MR) is 95.7 cm³/mol. The number of aromatic nitrogens is 4. The molecule has 128 valence electrons. The molecule has 0 amide bonds. The molecule has 6 nitrogen and oxygen atoms in total. The molecule has 1 fully saturated rings. The third-order valence-electron chi connectivity index (χ3n) is 4.35. The molecule has 0 bridgehead atoms. The molecular formula is C17H16ClFN6. The summed E-state index contributed by atoms with van der Waals surface area (Å²) in [6, 6.07) is 1.80. The molecule has 0 radical (unpaired) electrons. The van der Waals surface area contributed by atoms with Gasteiger partial charge in [-0.15, -0.1) is 0 Å². The first-order valence-corrected chi connectivity index (χ1v) is 8.46. The minimum Gasteiger partial charge on any atom is -0.364 e. The van der Waals surface area contributed by atoms with Gasteiger partial charge in [-0.3, -0.25) is 0 Å². The van der Waals surface area contributed by atoms with Crippen LogP contribution in [0.15, 0.2) is 24.7 Å². The summed E-state index contributed by atoms with van der Waals surface area (Å²) in [5.74, 6) is 0.0518. The van der Waals surface area contributed by atoms with E-state index in [-0.39, 0.29) is 11.9 Å². The lowest BCUT2D eigenvalue weighted by molar-refractivity contribution is 0.578. The van der Waals surface area contributed by atoms with Crippen molar-refractivity contribution in [2.24, 2.45) is 0 Å². The molecule has 0 aromatic carbocycles. The number of nitrogens with zero attached hydrogens (tertiary/aromatic N) is 3. The number of fused-ring (bicyclic) bond motifs is 1. The minimum atomic E-state index is -0.503. The van der Waals surface area contributed by atoms with E-state index < -0.39 is 5.82 Å². The molecule has 25 heavy (non-hydrogen) atoms. The van der Waals surface area contributed by atoms with Crippen LogP contribution in [0.3, 0.4) is 0 Å². The summed E-state index contributed by atoms with van der Waals surface area (Å²) in [6.45, 7) is 0. The largest absolute Gasteiger partial charge is 0.364 e. The van der Waals surface area contributed by atoms with Crippen LogP contribution < -0.4 is 5.32 Å². The van der Waals surface area contributed by atoms with Gasteiger partial charge in [-0.2, -0.15) is 0 Å². The van der Waals surface area contributed by atoms with Crippen LogP contribution in [-0.2, 0) is 0 Å². The number of anilines is 1. The molecule has 3 heterocycles. The summed E-state index contributed by atoms with van der Waals surface area (Å²) in [6.07, 6.45) is 7.72. The molecule has 0 spiro atoms. The van der Waals surface area contributed by atoms with E-state index in [1.807, 2.05) is 0 Å². The van der Waals surface area contributed by atoms with Gasteiger partial charge < -0.3 is 15.7 Å². The van der Waals surface area contributed by atoms with Crippen LogP contribution in [0.5, 0.6) is 0 Å². The fourth-order valence-electron chi connectivity index (χ4n) is 3.14. The van der Waals surface area contributed by atoms with Gasteiger partial charge in [0.15, 0.2) is 17.5 Å². The zero-order chi connectivity index (χ0) is 17.4. The molecule has 3 aromatic heterocycles. The zero-order valence-electron chi connectivity index (χ0n) is 13.3. The van der Waals surface area contributed by atoms with E-state index in [1.165, 1.54) is 0 Å². The van der Waals surface area contributed by atoms with Gasteiger partial charge >= 0.3 is 0 Å². The highest BCUT2D eigenvalue weighted by Gasteiger charge is 2.20. The second-order valence-corrected chi connectivity index (χ2v) is 6.62. The number of hydrogen-bond donors (Lipinski definition) is 3. The summed E-state index contributed by atoms with van der Waals surface area (Å²) in [5.41, 5.74) is 2.07. The number of aromatic amines is 1. The maximum absolute atomic E-state index is 14.2. The smallest absolute Gasteiger partial charge is 0.183 e. The number of pyridine rings is 1. The summed E-state index contributed by atoms with van der Waals surface area (Å²) < 4.78 is 14.2. The van der Waals surface area contributed by atoms with Crippen molar-refractivity contribution in [1.82, 2.24) is 19.9 Å². The standard InChI is InChI=1S/C17H16ClFN6/c18-9-4-12-13(7-22-15(12)21-6-9)16-23-8-14(19)17(25-16)24-11-3-1-2-10(20)5-11/h4,6-8,11,20H,1-3,5H2,(H,21,22)(H,23,24,25)/t11-/m0/s1. The van der Waals surface area contributed by atoms with Crippen LogP contribution in [0.2, 0.25) is 5.02 Å². The third-order valence-corrected chi connectivity index (χ3v) is 4.55. The summed E-state index contributed by atoms with van der Waals surface area (Å²) >= 11 is 6.02. The van der Waals surface area contributed by atoms with Crippen molar-refractivity contribution < 1.29 is 4.39 Å². The normalized spacial score (nSPS) is 17.8. The van der Waals surface area contributed by atoms with Crippen molar-refractivity contribution in [1.29, 1.82) is 5.41 Å². The Morgan fingerprint density at radius 1 is 1.32 bits per heavy atom. The van der Waals surface area contributed by atoms with E-state index in [0.29, 0.717) is 34.2 Å². The predicted octanol–water partition coefficient (Wildman–Crippen LogP) is 4.19. The molecule has 1 atom stereocenters. The van der Waals surface area contributed by atoms with Gasteiger partial charge in [-0.1, -0.05) is 11.6 Å². The van der Waals surface area contributed by atoms with Gasteiger partial charge in [0, 0.05) is 41.5 Å². The van der Waals surface area contributed by atoms with Crippen LogP contribution >= 0.6 is 11.6 Å². The van der Waals surface area contributed by atoms with Crippen LogP contribution in [-0.4, -0.2) is 31.7 Å². The maximum Gasteiger partial charge on any atom is 0.183 e. The quantitative estimate of drug-likeness (QED) is 0.654. The average molecular weight is 359 g/mol. The van der Waals surface area contributed by atoms with Crippen molar-refractivity contribution in [3.63, 3.8) is 0 Å².